The number of nitrogens with zero attached hydrogens (tertiary/aromatic N) is 1. The Balaban J connectivity index is 2.43. The van der Waals surface area contributed by atoms with Gasteiger partial charge in [-0.3, -0.25) is 10.9 Å². The van der Waals surface area contributed by atoms with Crippen molar-refractivity contribution in [2.24, 2.45) is 5.84 Å². The summed E-state index contributed by atoms with van der Waals surface area (Å²) in [5.74, 6) is 5.46. The van der Waals surface area contributed by atoms with Gasteiger partial charge in [-0.25, -0.2) is 0 Å². The Morgan fingerprint density at radius 3 is 2.59 bits per heavy atom. The second-order valence-electron chi connectivity index (χ2n) is 3.78. The van der Waals surface area contributed by atoms with Crippen molar-refractivity contribution in [2.75, 3.05) is 11.9 Å². The molecule has 0 atom stereocenters. The van der Waals surface area contributed by atoms with E-state index in [4.69, 9.17) is 18.1 Å². The highest BCUT2D eigenvalue weighted by Crippen LogP contribution is 2.06. The number of benzene rings is 1. The summed E-state index contributed by atoms with van der Waals surface area (Å²) in [6.07, 6.45) is 3.42. The molecule has 4 N–H and O–H groups in total. The van der Waals surface area contributed by atoms with Crippen LogP contribution >= 0.6 is 12.2 Å². The van der Waals surface area contributed by atoms with Crippen LogP contribution in [-0.4, -0.2) is 16.7 Å². The van der Waals surface area contributed by atoms with E-state index in [2.05, 4.69) is 17.8 Å². The average molecular weight is 252 g/mol. The molecule has 94 valence electrons. The van der Waals surface area contributed by atoms with Gasteiger partial charge in [-0.05, 0) is 30.8 Å². The van der Waals surface area contributed by atoms with Crippen molar-refractivity contribution in [3.05, 3.63) is 30.3 Å². The molecule has 0 aromatic heterocycles. The van der Waals surface area contributed by atoms with Crippen LogP contribution in [0.2, 0.25) is 0 Å². The lowest BCUT2D eigenvalue weighted by Crippen LogP contribution is -2.49. The van der Waals surface area contributed by atoms with Gasteiger partial charge in [0.2, 0.25) is 0 Å². The van der Waals surface area contributed by atoms with Crippen molar-refractivity contribution in [1.82, 2.24) is 10.5 Å². The smallest absolute Gasteiger partial charge is 0.189 e. The first-order valence-corrected chi connectivity index (χ1v) is 6.28. The Labute approximate surface area is 108 Å². The van der Waals surface area contributed by atoms with Crippen LogP contribution in [0, 0.1) is 0 Å². The Hall–Kier alpha value is -1.17. The summed E-state index contributed by atoms with van der Waals surface area (Å²) in [5, 5.41) is 5.48. The third-order valence-corrected chi connectivity index (χ3v) is 2.73. The lowest BCUT2D eigenvalue weighted by atomic mass is 10.2. The molecule has 0 unspecified atom stereocenters. The molecule has 0 aliphatic carbocycles. The number of thiocarbonyl (C=S) groups is 1. The third-order valence-electron chi connectivity index (χ3n) is 2.41. The highest BCUT2D eigenvalue weighted by atomic mass is 32.1. The predicted octanol–water partition coefficient (Wildman–Crippen LogP) is 2.25. The number of hydrazine groups is 2. The molecule has 0 amide bonds. The van der Waals surface area contributed by atoms with E-state index in [1.54, 1.807) is 5.01 Å². The molecule has 0 saturated heterocycles. The van der Waals surface area contributed by atoms with Crippen LogP contribution in [0.5, 0.6) is 0 Å². The summed E-state index contributed by atoms with van der Waals surface area (Å²) in [7, 11) is 0. The molecule has 0 spiro atoms. The Morgan fingerprint density at radius 1 is 1.29 bits per heavy atom. The van der Waals surface area contributed by atoms with Crippen molar-refractivity contribution < 1.29 is 0 Å². The van der Waals surface area contributed by atoms with Crippen LogP contribution in [-0.2, 0) is 0 Å². The second kappa shape index (κ2) is 8.00. The molecule has 0 bridgehead atoms. The number of unbranched alkanes of at least 4 members (excludes halogenated alkanes) is 2. The Bertz CT molecular complexity index is 329. The number of para-hydroxylation sites is 1. The van der Waals surface area contributed by atoms with Crippen molar-refractivity contribution in [3.8, 4) is 0 Å². The number of nitrogens with two attached hydrogens (primary N) is 1. The van der Waals surface area contributed by atoms with Crippen molar-refractivity contribution >= 4 is 23.0 Å². The molecular weight excluding hydrogens is 232 g/mol. The first kappa shape index (κ1) is 13.9. The van der Waals surface area contributed by atoms with Gasteiger partial charge in [-0.15, -0.1) is 0 Å². The molecule has 0 heterocycles. The van der Waals surface area contributed by atoms with Crippen LogP contribution in [0.1, 0.15) is 26.2 Å². The van der Waals surface area contributed by atoms with Gasteiger partial charge >= 0.3 is 0 Å². The largest absolute Gasteiger partial charge is 0.331 e. The van der Waals surface area contributed by atoms with Crippen LogP contribution in [0.3, 0.4) is 0 Å². The minimum absolute atomic E-state index is 0.592. The monoisotopic (exact) mass is 252 g/mol. The van der Waals surface area contributed by atoms with E-state index in [1.807, 2.05) is 30.3 Å². The summed E-state index contributed by atoms with van der Waals surface area (Å²) < 4.78 is 0. The zero-order valence-corrected chi connectivity index (χ0v) is 11.0. The van der Waals surface area contributed by atoms with Gasteiger partial charge in [0.05, 0.1) is 0 Å². The van der Waals surface area contributed by atoms with Crippen LogP contribution in [0.15, 0.2) is 30.3 Å². The standard InChI is InChI=1S/C12H20N4S/c1-2-3-7-10-16(15-13)12(17)14-11-8-5-4-6-9-11/h4-6,8-9,15H,2-3,7,10,13H2,1H3,(H,14,17). The van der Waals surface area contributed by atoms with Crippen LogP contribution in [0.4, 0.5) is 5.69 Å². The van der Waals surface area contributed by atoms with Gasteiger partial charge in [-0.2, -0.15) is 5.53 Å². The zero-order valence-electron chi connectivity index (χ0n) is 10.1. The lowest BCUT2D eigenvalue weighted by Gasteiger charge is -2.24. The first-order chi connectivity index (χ1) is 8.27. The molecular formula is C12H20N4S. The first-order valence-electron chi connectivity index (χ1n) is 5.87. The van der Waals surface area contributed by atoms with Gasteiger partial charge in [0.1, 0.15) is 0 Å². The summed E-state index contributed by atoms with van der Waals surface area (Å²) >= 11 is 5.28. The number of anilines is 1. The van der Waals surface area contributed by atoms with Crippen LogP contribution in [0.25, 0.3) is 0 Å². The second-order valence-corrected chi connectivity index (χ2v) is 4.17. The minimum atomic E-state index is 0.592. The van der Waals surface area contributed by atoms with Gasteiger partial charge in [0.15, 0.2) is 5.11 Å². The van der Waals surface area contributed by atoms with E-state index in [9.17, 15) is 0 Å². The molecule has 0 saturated carbocycles. The average Bonchev–Trinajstić information content (AvgIpc) is 2.36. The molecule has 0 radical (unpaired) electrons. The molecule has 4 nitrogen and oxygen atoms in total. The number of nitrogens with one attached hydrogen (secondary N) is 2. The predicted molar refractivity (Wildman–Crippen MR) is 76.2 cm³/mol. The summed E-state index contributed by atoms with van der Waals surface area (Å²) in [5.41, 5.74) is 3.58. The summed E-state index contributed by atoms with van der Waals surface area (Å²) in [6, 6.07) is 9.82. The van der Waals surface area contributed by atoms with E-state index < -0.39 is 0 Å². The van der Waals surface area contributed by atoms with E-state index in [0.717, 1.165) is 18.7 Å². The number of hydrogen-bond acceptors (Lipinski definition) is 3. The van der Waals surface area contributed by atoms with Crippen molar-refractivity contribution in [2.45, 2.75) is 26.2 Å². The lowest BCUT2D eigenvalue weighted by molar-refractivity contribution is 0.310. The van der Waals surface area contributed by atoms with Gasteiger partial charge in [0, 0.05) is 12.2 Å². The Kier molecular flexibility index (Phi) is 6.54. The molecule has 1 aromatic rings. The maximum absolute atomic E-state index is 5.46. The molecule has 1 aromatic carbocycles. The van der Waals surface area contributed by atoms with Crippen molar-refractivity contribution in [1.29, 1.82) is 0 Å². The van der Waals surface area contributed by atoms with E-state index >= 15 is 0 Å². The third kappa shape index (κ3) is 5.12. The molecule has 0 aliphatic rings. The maximum Gasteiger partial charge on any atom is 0.189 e. The van der Waals surface area contributed by atoms with Gasteiger partial charge < -0.3 is 5.32 Å². The fraction of sp³-hybridized carbons (Fsp3) is 0.417. The molecule has 0 aliphatic heterocycles. The molecule has 5 heteroatoms. The maximum atomic E-state index is 5.46. The number of rotatable bonds is 6. The van der Waals surface area contributed by atoms with E-state index in [1.165, 1.54) is 12.8 Å². The summed E-state index contributed by atoms with van der Waals surface area (Å²) in [6.45, 7) is 2.98. The molecule has 0 fully saturated rings. The van der Waals surface area contributed by atoms with E-state index in [0.29, 0.717) is 5.11 Å². The van der Waals surface area contributed by atoms with Crippen molar-refractivity contribution in [3.63, 3.8) is 0 Å². The highest BCUT2D eigenvalue weighted by molar-refractivity contribution is 7.80. The fourth-order valence-electron chi connectivity index (χ4n) is 1.46. The molecule has 1 rings (SSSR count). The SMILES string of the molecule is CCCCCN(NN)C(=S)Nc1ccccc1. The molecule has 17 heavy (non-hydrogen) atoms. The van der Waals surface area contributed by atoms with Gasteiger partial charge in [0.25, 0.3) is 0 Å². The minimum Gasteiger partial charge on any atom is -0.331 e. The zero-order chi connectivity index (χ0) is 12.5. The Morgan fingerprint density at radius 2 is 2.00 bits per heavy atom. The number of hydrogen-bond donors (Lipinski definition) is 3. The van der Waals surface area contributed by atoms with Gasteiger partial charge in [-0.1, -0.05) is 38.0 Å². The normalized spacial score (nSPS) is 10.0. The van der Waals surface area contributed by atoms with Crippen LogP contribution < -0.4 is 16.7 Å². The highest BCUT2D eigenvalue weighted by Gasteiger charge is 2.07. The quantitative estimate of drug-likeness (QED) is 0.314. The fourth-order valence-corrected chi connectivity index (χ4v) is 1.72. The van der Waals surface area contributed by atoms with E-state index in [-0.39, 0.29) is 0 Å². The topological polar surface area (TPSA) is 53.3 Å². The summed E-state index contributed by atoms with van der Waals surface area (Å²) in [4.78, 5) is 0.